The molecule has 1 atom stereocenters. The summed E-state index contributed by atoms with van der Waals surface area (Å²) in [5.74, 6) is 0.309. The first-order valence-electron chi connectivity index (χ1n) is 11.4. The third-order valence-electron chi connectivity index (χ3n) is 6.88. The van der Waals surface area contributed by atoms with E-state index in [-0.39, 0.29) is 30.1 Å². The number of amides is 3. The zero-order valence-corrected chi connectivity index (χ0v) is 18.6. The number of likely N-dealkylation sites (tertiary alicyclic amines) is 1. The maximum Gasteiger partial charge on any atom is 0.328 e. The zero-order valence-electron chi connectivity index (χ0n) is 18.6. The third kappa shape index (κ3) is 3.73. The number of nitrogens with one attached hydrogen (secondary N) is 1. The molecule has 8 heteroatoms. The van der Waals surface area contributed by atoms with Crippen LogP contribution in [0.25, 0.3) is 0 Å². The molecule has 1 saturated carbocycles. The Labute approximate surface area is 192 Å². The minimum atomic E-state index is -0.826. The van der Waals surface area contributed by atoms with Crippen LogP contribution in [0, 0.1) is 5.82 Å². The number of hydrogen-bond donors (Lipinski definition) is 1. The van der Waals surface area contributed by atoms with Crippen LogP contribution in [0.3, 0.4) is 0 Å². The molecule has 3 fully saturated rings. The van der Waals surface area contributed by atoms with Crippen molar-refractivity contribution in [2.75, 3.05) is 25.1 Å². The van der Waals surface area contributed by atoms with E-state index in [1.807, 2.05) is 18.2 Å². The lowest BCUT2D eigenvalue weighted by Crippen LogP contribution is -2.53. The van der Waals surface area contributed by atoms with E-state index in [0.29, 0.717) is 30.2 Å². The summed E-state index contributed by atoms with van der Waals surface area (Å²) in [6.07, 6.45) is 4.74. The number of benzene rings is 2. The van der Waals surface area contributed by atoms with Crippen LogP contribution in [0.5, 0.6) is 5.75 Å². The average Bonchev–Trinajstić information content (AvgIpc) is 3.55. The fourth-order valence-corrected chi connectivity index (χ4v) is 5.20. The first kappa shape index (κ1) is 21.4. The molecule has 2 heterocycles. The lowest BCUT2D eigenvalue weighted by molar-refractivity contribution is 0.0783. The van der Waals surface area contributed by atoms with Gasteiger partial charge in [-0.1, -0.05) is 31.0 Å². The maximum absolute atomic E-state index is 14.3. The standard InChI is InChI=1S/C25H27FN4O3/c1-33-19-10-6-9-18(15-19)30-24(32)28-23(27-17-7-2-3-8-17)25(30)13-14-29(16-25)22(31)20-11-4-5-12-21(20)26/h4-6,9-12,15,17H,2-3,7-8,13-14,16H2,1H3,(H,27,28,32). The summed E-state index contributed by atoms with van der Waals surface area (Å²) >= 11 is 0. The Bertz CT molecular complexity index is 1110. The summed E-state index contributed by atoms with van der Waals surface area (Å²) in [7, 11) is 1.58. The van der Waals surface area contributed by atoms with Gasteiger partial charge in [0.1, 0.15) is 22.9 Å². The molecule has 172 valence electrons. The molecule has 7 nitrogen and oxygen atoms in total. The van der Waals surface area contributed by atoms with Crippen LogP contribution in [0.2, 0.25) is 0 Å². The second kappa shape index (κ2) is 8.50. The molecule has 1 spiro atoms. The summed E-state index contributed by atoms with van der Waals surface area (Å²) in [6.45, 7) is 0.633. The van der Waals surface area contributed by atoms with Crippen LogP contribution in [-0.2, 0) is 0 Å². The van der Waals surface area contributed by atoms with Gasteiger partial charge < -0.3 is 9.64 Å². The number of hydrogen-bond acceptors (Lipinski definition) is 4. The molecule has 5 rings (SSSR count). The van der Waals surface area contributed by atoms with E-state index in [1.54, 1.807) is 35.1 Å². The number of rotatable bonds is 4. The van der Waals surface area contributed by atoms with Gasteiger partial charge in [-0.3, -0.25) is 20.0 Å². The van der Waals surface area contributed by atoms with Gasteiger partial charge in [0, 0.05) is 12.6 Å². The number of methoxy groups -OCH3 is 1. The topological polar surface area (TPSA) is 74.2 Å². The number of carbonyl (C=O) groups excluding carboxylic acids is 2. The van der Waals surface area contributed by atoms with E-state index >= 15 is 0 Å². The summed E-state index contributed by atoms with van der Waals surface area (Å²) in [5.41, 5.74) is -0.120. The highest BCUT2D eigenvalue weighted by molar-refractivity contribution is 6.19. The minimum Gasteiger partial charge on any atom is -0.497 e. The van der Waals surface area contributed by atoms with Crippen molar-refractivity contribution in [1.29, 1.82) is 0 Å². The molecular formula is C25H27FN4O3. The van der Waals surface area contributed by atoms with E-state index in [4.69, 9.17) is 9.73 Å². The largest absolute Gasteiger partial charge is 0.497 e. The smallest absolute Gasteiger partial charge is 0.328 e. The fraction of sp³-hybridized carbons (Fsp3) is 0.400. The van der Waals surface area contributed by atoms with Gasteiger partial charge in [-0.25, -0.2) is 9.18 Å². The first-order chi connectivity index (χ1) is 16.0. The molecule has 0 bridgehead atoms. The van der Waals surface area contributed by atoms with E-state index in [1.165, 1.54) is 12.1 Å². The van der Waals surface area contributed by atoms with Crippen molar-refractivity contribution in [2.24, 2.45) is 4.99 Å². The zero-order chi connectivity index (χ0) is 23.0. The highest BCUT2D eigenvalue weighted by Crippen LogP contribution is 2.39. The molecule has 2 aromatic carbocycles. The highest BCUT2D eigenvalue weighted by Gasteiger charge is 2.56. The van der Waals surface area contributed by atoms with E-state index in [2.05, 4.69) is 5.32 Å². The van der Waals surface area contributed by atoms with Crippen LogP contribution in [-0.4, -0.2) is 54.5 Å². The third-order valence-corrected chi connectivity index (χ3v) is 6.88. The number of ether oxygens (including phenoxy) is 1. The highest BCUT2D eigenvalue weighted by atomic mass is 19.1. The molecule has 33 heavy (non-hydrogen) atoms. The number of carbonyl (C=O) groups is 2. The molecule has 0 aromatic heterocycles. The predicted molar refractivity (Wildman–Crippen MR) is 123 cm³/mol. The Hall–Kier alpha value is -3.42. The molecule has 3 aliphatic rings. The molecule has 3 amide bonds. The van der Waals surface area contributed by atoms with E-state index in [0.717, 1.165) is 25.7 Å². The van der Waals surface area contributed by atoms with Crippen LogP contribution >= 0.6 is 0 Å². The monoisotopic (exact) mass is 450 g/mol. The molecule has 1 unspecified atom stereocenters. The molecule has 2 aromatic rings. The molecular weight excluding hydrogens is 423 g/mol. The van der Waals surface area contributed by atoms with Crippen LogP contribution < -0.4 is 15.0 Å². The molecule has 2 saturated heterocycles. The second-order valence-corrected chi connectivity index (χ2v) is 8.87. The molecule has 0 radical (unpaired) electrons. The normalized spacial score (nSPS) is 24.2. The number of halogens is 1. The van der Waals surface area contributed by atoms with Crippen LogP contribution in [0.1, 0.15) is 42.5 Å². The van der Waals surface area contributed by atoms with E-state index < -0.39 is 11.4 Å². The Kier molecular flexibility index (Phi) is 5.52. The van der Waals surface area contributed by atoms with Gasteiger partial charge in [-0.15, -0.1) is 0 Å². The Morgan fingerprint density at radius 3 is 2.73 bits per heavy atom. The van der Waals surface area contributed by atoms with Crippen molar-refractivity contribution in [3.63, 3.8) is 0 Å². The molecule has 1 aliphatic carbocycles. The number of nitrogens with zero attached hydrogens (tertiary/aromatic N) is 3. The predicted octanol–water partition coefficient (Wildman–Crippen LogP) is 3.99. The molecule has 2 aliphatic heterocycles. The lowest BCUT2D eigenvalue weighted by Gasteiger charge is -2.33. The summed E-state index contributed by atoms with van der Waals surface area (Å²) in [6, 6.07) is 13.2. The van der Waals surface area contributed by atoms with Crippen molar-refractivity contribution in [3.05, 3.63) is 59.9 Å². The Balaban J connectivity index is 1.54. The van der Waals surface area contributed by atoms with Crippen molar-refractivity contribution in [2.45, 2.75) is 43.7 Å². The van der Waals surface area contributed by atoms with Crippen LogP contribution in [0.15, 0.2) is 53.5 Å². The second-order valence-electron chi connectivity index (χ2n) is 8.87. The number of anilines is 1. The SMILES string of the molecule is COc1cccc(N2C(=O)NC(=NC3CCCC3)C23CCN(C(=O)c2ccccc2F)C3)c1. The Morgan fingerprint density at radius 2 is 1.97 bits per heavy atom. The van der Waals surface area contributed by atoms with Gasteiger partial charge >= 0.3 is 6.03 Å². The van der Waals surface area contributed by atoms with Gasteiger partial charge in [0.05, 0.1) is 30.9 Å². The lowest BCUT2D eigenvalue weighted by atomic mass is 9.95. The molecule has 1 N–H and O–H groups in total. The van der Waals surface area contributed by atoms with Crippen LogP contribution in [0.4, 0.5) is 14.9 Å². The number of urea groups is 1. The fourth-order valence-electron chi connectivity index (χ4n) is 5.20. The average molecular weight is 451 g/mol. The maximum atomic E-state index is 14.3. The van der Waals surface area contributed by atoms with Gasteiger partial charge in [-0.05, 0) is 43.5 Å². The summed E-state index contributed by atoms with van der Waals surface area (Å²) < 4.78 is 19.7. The van der Waals surface area contributed by atoms with Crippen molar-refractivity contribution >= 4 is 23.5 Å². The van der Waals surface area contributed by atoms with E-state index in [9.17, 15) is 14.0 Å². The summed E-state index contributed by atoms with van der Waals surface area (Å²) in [4.78, 5) is 34.7. The van der Waals surface area contributed by atoms with Crippen molar-refractivity contribution in [1.82, 2.24) is 10.2 Å². The quantitative estimate of drug-likeness (QED) is 0.766. The van der Waals surface area contributed by atoms with Gasteiger partial charge in [0.2, 0.25) is 0 Å². The number of amidine groups is 1. The summed E-state index contributed by atoms with van der Waals surface area (Å²) in [5, 5.41) is 2.99. The first-order valence-corrected chi connectivity index (χ1v) is 11.4. The van der Waals surface area contributed by atoms with Crippen molar-refractivity contribution < 1.29 is 18.7 Å². The van der Waals surface area contributed by atoms with Crippen molar-refractivity contribution in [3.8, 4) is 5.75 Å². The van der Waals surface area contributed by atoms with Gasteiger partial charge in [-0.2, -0.15) is 0 Å². The Morgan fingerprint density at radius 1 is 1.18 bits per heavy atom. The van der Waals surface area contributed by atoms with Gasteiger partial charge in [0.15, 0.2) is 0 Å². The minimum absolute atomic E-state index is 0.0362. The number of aliphatic imine (C=N–C) groups is 1. The van der Waals surface area contributed by atoms with Gasteiger partial charge in [0.25, 0.3) is 5.91 Å².